The first kappa shape index (κ1) is 52.0. The minimum absolute atomic E-state index is 0. The van der Waals surface area contributed by atoms with Crippen molar-refractivity contribution in [2.24, 2.45) is 0 Å². The smallest absolute Gasteiger partial charge is 0.550 e. The molecule has 0 aromatic heterocycles. The topological polar surface area (TPSA) is 143 Å². The Bertz CT molecular complexity index is 460. The molecule has 43 heavy (non-hydrogen) atoms. The van der Waals surface area contributed by atoms with Crippen LogP contribution in [0.1, 0.15) is 219 Å². The van der Waals surface area contributed by atoms with Crippen molar-refractivity contribution in [1.82, 2.24) is 0 Å². The molecule has 256 valence electrons. The van der Waals surface area contributed by atoms with Gasteiger partial charge in [-0.3, -0.25) is 0 Å². The molecule has 6 nitrogen and oxygen atoms in total. The van der Waals surface area contributed by atoms with Crippen molar-refractivity contribution in [2.75, 3.05) is 0 Å². The number of carboxylic acids is 2. The van der Waals surface area contributed by atoms with Gasteiger partial charge in [-0.2, -0.15) is 0 Å². The molecule has 0 radical (unpaired) electrons. The summed E-state index contributed by atoms with van der Waals surface area (Å²) in [6, 6.07) is 0. The zero-order valence-electron chi connectivity index (χ0n) is 29.0. The molecule has 0 aliphatic rings. The van der Waals surface area contributed by atoms with Crippen LogP contribution in [0, 0.1) is 0 Å². The summed E-state index contributed by atoms with van der Waals surface area (Å²) in [6.07, 6.45) is 39.7. The standard InChI is InChI=1S/2C18H36O2.2H2O.Zn/c2*1-2-3-4-5-6-7-8-9-10-11-12-13-14-15-16-17-18(19)20;;;/h2*2-17H2,1H3,(H,19,20);2*1H2;/q;;;;+2/p-2. The van der Waals surface area contributed by atoms with E-state index in [-0.39, 0.29) is 43.3 Å². The molecule has 0 aromatic carbocycles. The Kier molecular flexibility index (Phi) is 58.6. The van der Waals surface area contributed by atoms with E-state index >= 15 is 0 Å². The SMILES string of the molecule is CCCCCCCCCCCCCCCCCC(=O)[O-].CCCCCCCCCCCCCCCCCC(=O)[O-].O.O.[Zn+2]. The van der Waals surface area contributed by atoms with Crippen LogP contribution in [0.3, 0.4) is 0 Å². The Hall–Kier alpha value is -0.517. The van der Waals surface area contributed by atoms with Crippen LogP contribution < -0.4 is 10.2 Å². The van der Waals surface area contributed by atoms with Gasteiger partial charge >= 0.3 is 19.5 Å². The molecule has 0 fully saturated rings. The molecule has 0 saturated heterocycles. The molecule has 0 spiro atoms. The van der Waals surface area contributed by atoms with E-state index in [9.17, 15) is 19.8 Å². The maximum Gasteiger partial charge on any atom is 2.00 e. The predicted octanol–water partition coefficient (Wildman–Crippen LogP) is 8.34. The fourth-order valence-electron chi connectivity index (χ4n) is 5.28. The Morgan fingerprint density at radius 2 is 0.465 bits per heavy atom. The van der Waals surface area contributed by atoms with E-state index in [1.165, 1.54) is 167 Å². The molecule has 0 aromatic rings. The van der Waals surface area contributed by atoms with Crippen molar-refractivity contribution in [3.63, 3.8) is 0 Å². The van der Waals surface area contributed by atoms with Crippen molar-refractivity contribution in [1.29, 1.82) is 0 Å². The minimum atomic E-state index is -0.903. The van der Waals surface area contributed by atoms with E-state index in [0.717, 1.165) is 25.7 Å². The number of unbranched alkanes of at least 4 members (excludes halogenated alkanes) is 28. The first-order chi connectivity index (χ1) is 19.5. The average Bonchev–Trinajstić information content (AvgIpc) is 2.93. The van der Waals surface area contributed by atoms with Crippen molar-refractivity contribution < 1.29 is 50.2 Å². The number of aliphatic carboxylic acids is 2. The molecule has 0 saturated carbocycles. The van der Waals surface area contributed by atoms with Crippen LogP contribution >= 0.6 is 0 Å². The van der Waals surface area contributed by atoms with Gasteiger partial charge in [-0.25, -0.2) is 0 Å². The quantitative estimate of drug-likeness (QED) is 0.0524. The van der Waals surface area contributed by atoms with Gasteiger partial charge in [0.05, 0.1) is 0 Å². The molecule has 0 rings (SSSR count). The Morgan fingerprint density at radius 1 is 0.326 bits per heavy atom. The Labute approximate surface area is 280 Å². The maximum atomic E-state index is 10.2. The van der Waals surface area contributed by atoms with Gasteiger partial charge in [-0.05, 0) is 25.7 Å². The van der Waals surface area contributed by atoms with Crippen LogP contribution in [0.4, 0.5) is 0 Å². The third-order valence-corrected chi connectivity index (χ3v) is 7.97. The summed E-state index contributed by atoms with van der Waals surface area (Å²) in [6.45, 7) is 4.53. The van der Waals surface area contributed by atoms with Gasteiger partial charge in [0.1, 0.15) is 0 Å². The van der Waals surface area contributed by atoms with E-state index in [1.54, 1.807) is 0 Å². The van der Waals surface area contributed by atoms with Gasteiger partial charge in [0, 0.05) is 11.9 Å². The normalized spacial score (nSPS) is 10.1. The summed E-state index contributed by atoms with van der Waals surface area (Å²) in [5.41, 5.74) is 0. The van der Waals surface area contributed by atoms with Gasteiger partial charge in [-0.1, -0.05) is 194 Å². The summed E-state index contributed by atoms with van der Waals surface area (Å²) in [5.74, 6) is -1.81. The monoisotopic (exact) mass is 666 g/mol. The zero-order valence-corrected chi connectivity index (χ0v) is 31.9. The van der Waals surface area contributed by atoms with E-state index in [2.05, 4.69) is 13.8 Å². The number of carbonyl (C=O) groups excluding carboxylic acids is 2. The third kappa shape index (κ3) is 57.7. The van der Waals surface area contributed by atoms with E-state index in [4.69, 9.17) is 0 Å². The first-order valence-corrected chi connectivity index (χ1v) is 17.9. The van der Waals surface area contributed by atoms with Gasteiger partial charge in [0.15, 0.2) is 0 Å². The van der Waals surface area contributed by atoms with Crippen LogP contribution in [0.25, 0.3) is 0 Å². The number of rotatable bonds is 32. The van der Waals surface area contributed by atoms with Crippen molar-refractivity contribution in [2.45, 2.75) is 219 Å². The van der Waals surface area contributed by atoms with Gasteiger partial charge in [-0.15, -0.1) is 0 Å². The summed E-state index contributed by atoms with van der Waals surface area (Å²) < 4.78 is 0. The molecule has 0 aliphatic carbocycles. The van der Waals surface area contributed by atoms with Crippen LogP contribution in [0.2, 0.25) is 0 Å². The largest absolute Gasteiger partial charge is 2.00 e. The fraction of sp³-hybridized carbons (Fsp3) is 0.944. The molecule has 0 atom stereocenters. The van der Waals surface area contributed by atoms with E-state index in [0.29, 0.717) is 0 Å². The van der Waals surface area contributed by atoms with Gasteiger partial charge < -0.3 is 30.8 Å². The van der Waals surface area contributed by atoms with Crippen LogP contribution in [-0.2, 0) is 29.1 Å². The zero-order chi connectivity index (χ0) is 29.8. The number of hydrogen-bond acceptors (Lipinski definition) is 4. The number of carboxylic acid groups (broad SMARTS) is 2. The van der Waals surface area contributed by atoms with Crippen LogP contribution in [-0.4, -0.2) is 22.9 Å². The second-order valence-corrected chi connectivity index (χ2v) is 12.1. The second-order valence-electron chi connectivity index (χ2n) is 12.1. The molecule has 0 amide bonds. The third-order valence-electron chi connectivity index (χ3n) is 7.97. The van der Waals surface area contributed by atoms with Crippen LogP contribution in [0.5, 0.6) is 0 Å². The maximum absolute atomic E-state index is 10.2. The summed E-state index contributed by atoms with van der Waals surface area (Å²) in [5, 5.41) is 20.4. The summed E-state index contributed by atoms with van der Waals surface area (Å²) in [4.78, 5) is 20.4. The summed E-state index contributed by atoms with van der Waals surface area (Å²) >= 11 is 0. The van der Waals surface area contributed by atoms with E-state index < -0.39 is 11.9 Å². The molecular formula is C36H74O6Zn. The first-order valence-electron chi connectivity index (χ1n) is 17.9. The number of hydrogen-bond donors (Lipinski definition) is 0. The Balaban J connectivity index is -0.000000209. The summed E-state index contributed by atoms with van der Waals surface area (Å²) in [7, 11) is 0. The molecular weight excluding hydrogens is 594 g/mol. The van der Waals surface area contributed by atoms with Gasteiger partial charge in [0.2, 0.25) is 0 Å². The number of carbonyl (C=O) groups is 2. The average molecular weight is 668 g/mol. The van der Waals surface area contributed by atoms with Crippen LogP contribution in [0.15, 0.2) is 0 Å². The fourth-order valence-corrected chi connectivity index (χ4v) is 5.28. The van der Waals surface area contributed by atoms with Gasteiger partial charge in [0.25, 0.3) is 0 Å². The second kappa shape index (κ2) is 48.4. The molecule has 0 bridgehead atoms. The molecule has 0 aliphatic heterocycles. The molecule has 7 heteroatoms. The minimum Gasteiger partial charge on any atom is -0.550 e. The van der Waals surface area contributed by atoms with Crippen molar-refractivity contribution >= 4 is 11.9 Å². The molecule has 0 heterocycles. The molecule has 0 unspecified atom stereocenters. The molecule has 4 N–H and O–H groups in total. The van der Waals surface area contributed by atoms with Crippen molar-refractivity contribution in [3.05, 3.63) is 0 Å². The predicted molar refractivity (Wildman–Crippen MR) is 176 cm³/mol. The van der Waals surface area contributed by atoms with Crippen molar-refractivity contribution in [3.8, 4) is 0 Å². The van der Waals surface area contributed by atoms with E-state index in [1.807, 2.05) is 0 Å². The Morgan fingerprint density at radius 3 is 0.605 bits per heavy atom.